The van der Waals surface area contributed by atoms with Crippen LogP contribution in [0.25, 0.3) is 0 Å². The first-order chi connectivity index (χ1) is 17.7. The molecule has 0 unspecified atom stereocenters. The van der Waals surface area contributed by atoms with Gasteiger partial charge in [0.1, 0.15) is 5.75 Å². The van der Waals surface area contributed by atoms with Crippen LogP contribution >= 0.6 is 0 Å². The number of amides is 2. The summed E-state index contributed by atoms with van der Waals surface area (Å²) in [5.74, 6) is -0.869. The van der Waals surface area contributed by atoms with E-state index in [0.29, 0.717) is 61.2 Å². The standard InChI is InChI=1S/C26H31N3O7S/c30-24(18-2-8-21(9-3-18)29-16-1-17-37(29,34)35)27-14-15-28-25(31)19-4-10-22(11-5-19)36-23-12-6-20(7-13-23)26(32)33/h2-5,8-11,20,23H,1,6-7,12-17H2,(H,27,30)(H,28,31)(H,32,33)/t20-,23+. The van der Waals surface area contributed by atoms with Crippen molar-refractivity contribution in [2.45, 2.75) is 38.2 Å². The zero-order chi connectivity index (χ0) is 26.4. The molecule has 1 heterocycles. The monoisotopic (exact) mass is 529 g/mol. The van der Waals surface area contributed by atoms with E-state index in [4.69, 9.17) is 9.84 Å². The van der Waals surface area contributed by atoms with Gasteiger partial charge in [0.2, 0.25) is 10.0 Å². The van der Waals surface area contributed by atoms with Crippen molar-refractivity contribution in [3.8, 4) is 5.75 Å². The number of nitrogens with zero attached hydrogens (tertiary/aromatic N) is 1. The van der Waals surface area contributed by atoms with E-state index in [1.54, 1.807) is 48.5 Å². The highest BCUT2D eigenvalue weighted by molar-refractivity contribution is 7.93. The van der Waals surface area contributed by atoms with Crippen LogP contribution in [0.4, 0.5) is 5.69 Å². The second-order valence-corrected chi connectivity index (χ2v) is 11.3. The van der Waals surface area contributed by atoms with E-state index < -0.39 is 16.0 Å². The Bertz CT molecular complexity index is 1220. The number of sulfonamides is 1. The minimum absolute atomic E-state index is 0.0247. The third-order valence-electron chi connectivity index (χ3n) is 6.66. The van der Waals surface area contributed by atoms with E-state index in [0.717, 1.165) is 0 Å². The molecule has 0 spiro atoms. The van der Waals surface area contributed by atoms with Crippen molar-refractivity contribution in [2.75, 3.05) is 29.7 Å². The predicted octanol–water partition coefficient (Wildman–Crippen LogP) is 2.41. The summed E-state index contributed by atoms with van der Waals surface area (Å²) in [5.41, 5.74) is 1.41. The van der Waals surface area contributed by atoms with Gasteiger partial charge in [-0.1, -0.05) is 0 Å². The van der Waals surface area contributed by atoms with Gasteiger partial charge in [0, 0.05) is 30.8 Å². The highest BCUT2D eigenvalue weighted by atomic mass is 32.2. The van der Waals surface area contributed by atoms with Crippen molar-refractivity contribution in [3.63, 3.8) is 0 Å². The number of rotatable bonds is 9. The highest BCUT2D eigenvalue weighted by Gasteiger charge is 2.28. The highest BCUT2D eigenvalue weighted by Crippen LogP contribution is 2.28. The van der Waals surface area contributed by atoms with E-state index in [1.807, 2.05) is 0 Å². The molecule has 0 radical (unpaired) electrons. The molecule has 2 fully saturated rings. The van der Waals surface area contributed by atoms with E-state index in [1.165, 1.54) is 4.31 Å². The third kappa shape index (κ3) is 6.79. The lowest BCUT2D eigenvalue weighted by molar-refractivity contribution is -0.143. The van der Waals surface area contributed by atoms with Gasteiger partial charge < -0.3 is 20.5 Å². The molecular formula is C26H31N3O7S. The summed E-state index contributed by atoms with van der Waals surface area (Å²) in [4.78, 5) is 35.8. The Hall–Kier alpha value is -3.60. The molecule has 4 rings (SSSR count). The van der Waals surface area contributed by atoms with Gasteiger partial charge >= 0.3 is 5.97 Å². The molecule has 2 amide bonds. The number of aliphatic carboxylic acids is 1. The average Bonchev–Trinajstić information content (AvgIpc) is 3.26. The van der Waals surface area contributed by atoms with Gasteiger partial charge in [0.25, 0.3) is 11.8 Å². The Labute approximate surface area is 216 Å². The second kappa shape index (κ2) is 11.6. The van der Waals surface area contributed by atoms with Crippen molar-refractivity contribution in [1.82, 2.24) is 10.6 Å². The van der Waals surface area contributed by atoms with Gasteiger partial charge in [-0.05, 0) is 80.6 Å². The molecule has 1 aliphatic carbocycles. The smallest absolute Gasteiger partial charge is 0.306 e. The summed E-state index contributed by atoms with van der Waals surface area (Å²) in [6, 6.07) is 13.2. The van der Waals surface area contributed by atoms with Gasteiger partial charge in [-0.25, -0.2) is 8.42 Å². The predicted molar refractivity (Wildman–Crippen MR) is 137 cm³/mol. The van der Waals surface area contributed by atoms with E-state index in [9.17, 15) is 22.8 Å². The lowest BCUT2D eigenvalue weighted by atomic mass is 9.87. The molecule has 2 aliphatic rings. The van der Waals surface area contributed by atoms with Crippen LogP contribution in [0.1, 0.15) is 52.8 Å². The summed E-state index contributed by atoms with van der Waals surface area (Å²) in [7, 11) is -3.27. The molecule has 2 aromatic rings. The quantitative estimate of drug-likeness (QED) is 0.424. The van der Waals surface area contributed by atoms with Gasteiger partial charge in [0.05, 0.1) is 23.5 Å². The van der Waals surface area contributed by atoms with Crippen LogP contribution < -0.4 is 19.7 Å². The van der Waals surface area contributed by atoms with E-state index >= 15 is 0 Å². The summed E-state index contributed by atoms with van der Waals surface area (Å²) < 4.78 is 31.3. The lowest BCUT2D eigenvalue weighted by Crippen LogP contribution is -2.34. The van der Waals surface area contributed by atoms with Crippen LogP contribution in [-0.2, 0) is 14.8 Å². The van der Waals surface area contributed by atoms with Gasteiger partial charge in [-0.15, -0.1) is 0 Å². The average molecular weight is 530 g/mol. The molecule has 1 aliphatic heterocycles. The number of hydrogen-bond acceptors (Lipinski definition) is 6. The Morgan fingerprint density at radius 1 is 0.865 bits per heavy atom. The van der Waals surface area contributed by atoms with Crippen molar-refractivity contribution in [2.24, 2.45) is 5.92 Å². The van der Waals surface area contributed by atoms with E-state index in [2.05, 4.69) is 10.6 Å². The molecular weight excluding hydrogens is 498 g/mol. The molecule has 37 heavy (non-hydrogen) atoms. The number of benzene rings is 2. The summed E-state index contributed by atoms with van der Waals surface area (Å²) in [6.07, 6.45) is 3.15. The maximum absolute atomic E-state index is 12.4. The Morgan fingerprint density at radius 2 is 1.41 bits per heavy atom. The molecule has 0 aromatic heterocycles. The summed E-state index contributed by atoms with van der Waals surface area (Å²) >= 11 is 0. The van der Waals surface area contributed by atoms with E-state index in [-0.39, 0.29) is 42.7 Å². The summed E-state index contributed by atoms with van der Waals surface area (Å²) in [6.45, 7) is 0.908. The first-order valence-corrected chi connectivity index (χ1v) is 14.0. The SMILES string of the molecule is O=C(NCCNC(=O)c1ccc(N2CCCS2(=O)=O)cc1)c1ccc(O[C@H]2CC[C@@H](C(=O)O)CC2)cc1. The topological polar surface area (TPSA) is 142 Å². The molecule has 1 saturated heterocycles. The number of nitrogens with one attached hydrogen (secondary N) is 2. The van der Waals surface area contributed by atoms with Crippen molar-refractivity contribution >= 4 is 33.5 Å². The molecule has 0 atom stereocenters. The molecule has 2 aromatic carbocycles. The molecule has 10 nitrogen and oxygen atoms in total. The molecule has 11 heteroatoms. The minimum Gasteiger partial charge on any atom is -0.490 e. The second-order valence-electron chi connectivity index (χ2n) is 9.25. The molecule has 1 saturated carbocycles. The Morgan fingerprint density at radius 3 is 1.89 bits per heavy atom. The first-order valence-electron chi connectivity index (χ1n) is 12.4. The summed E-state index contributed by atoms with van der Waals surface area (Å²) in [5, 5.41) is 14.6. The van der Waals surface area contributed by atoms with Crippen LogP contribution in [0.3, 0.4) is 0 Å². The largest absolute Gasteiger partial charge is 0.490 e. The molecule has 3 N–H and O–H groups in total. The fourth-order valence-electron chi connectivity index (χ4n) is 4.57. The fraction of sp³-hybridized carbons (Fsp3) is 0.423. The number of carboxylic acid groups (broad SMARTS) is 1. The molecule has 198 valence electrons. The number of ether oxygens (including phenoxy) is 1. The number of hydrogen-bond donors (Lipinski definition) is 3. The van der Waals surface area contributed by atoms with Crippen molar-refractivity contribution in [1.29, 1.82) is 0 Å². The Balaban J connectivity index is 1.17. The van der Waals surface area contributed by atoms with Crippen molar-refractivity contribution in [3.05, 3.63) is 59.7 Å². The lowest BCUT2D eigenvalue weighted by Gasteiger charge is -2.26. The Kier molecular flexibility index (Phi) is 8.32. The zero-order valence-corrected chi connectivity index (χ0v) is 21.2. The van der Waals surface area contributed by atoms with Crippen LogP contribution in [-0.4, -0.2) is 62.8 Å². The van der Waals surface area contributed by atoms with Gasteiger partial charge in [-0.3, -0.25) is 18.7 Å². The van der Waals surface area contributed by atoms with Gasteiger partial charge in [-0.2, -0.15) is 0 Å². The van der Waals surface area contributed by atoms with Crippen LogP contribution in [0, 0.1) is 5.92 Å². The number of anilines is 1. The number of carboxylic acids is 1. The third-order valence-corrected chi connectivity index (χ3v) is 8.53. The number of carbonyl (C=O) groups is 3. The normalized spacial score (nSPS) is 20.7. The zero-order valence-electron chi connectivity index (χ0n) is 20.4. The maximum atomic E-state index is 12.4. The van der Waals surface area contributed by atoms with Crippen LogP contribution in [0.2, 0.25) is 0 Å². The first kappa shape index (κ1) is 26.5. The maximum Gasteiger partial charge on any atom is 0.306 e. The van der Waals surface area contributed by atoms with Gasteiger partial charge in [0.15, 0.2) is 0 Å². The minimum atomic E-state index is -3.27. The fourth-order valence-corrected chi connectivity index (χ4v) is 6.13. The number of carbonyl (C=O) groups excluding carboxylic acids is 2. The van der Waals surface area contributed by atoms with Crippen LogP contribution in [0.15, 0.2) is 48.5 Å². The van der Waals surface area contributed by atoms with Crippen LogP contribution in [0.5, 0.6) is 5.75 Å². The van der Waals surface area contributed by atoms with Crippen molar-refractivity contribution < 1.29 is 32.6 Å². The molecule has 0 bridgehead atoms.